The number of nitrogens with zero attached hydrogens (tertiary/aromatic N) is 6. The lowest BCUT2D eigenvalue weighted by Crippen LogP contribution is -2.46. The molecule has 180 valence electrons. The molecule has 0 fully saturated rings. The molecule has 1 aliphatic heterocycles. The van der Waals surface area contributed by atoms with Crippen molar-refractivity contribution in [1.29, 1.82) is 0 Å². The fourth-order valence-electron chi connectivity index (χ4n) is 4.00. The molecule has 3 aromatic rings. The first-order valence-electron chi connectivity index (χ1n) is 11.0. The van der Waals surface area contributed by atoms with Gasteiger partial charge in [0.2, 0.25) is 0 Å². The third-order valence-electron chi connectivity index (χ3n) is 5.59. The van der Waals surface area contributed by atoms with Crippen LogP contribution < -0.4 is 9.64 Å². The van der Waals surface area contributed by atoms with E-state index in [1.807, 2.05) is 31.2 Å². The normalized spacial score (nSPS) is 15.7. The molecule has 34 heavy (non-hydrogen) atoms. The van der Waals surface area contributed by atoms with Gasteiger partial charge < -0.3 is 9.47 Å². The quantitative estimate of drug-likeness (QED) is 0.406. The minimum atomic E-state index is -0.693. The van der Waals surface area contributed by atoms with Gasteiger partial charge in [-0.1, -0.05) is 12.1 Å². The van der Waals surface area contributed by atoms with Gasteiger partial charge in [-0.05, 0) is 51.8 Å². The van der Waals surface area contributed by atoms with Gasteiger partial charge in [-0.15, -0.1) is 0 Å². The van der Waals surface area contributed by atoms with E-state index >= 15 is 0 Å². The molecule has 1 amide bonds. The summed E-state index contributed by atoms with van der Waals surface area (Å²) >= 11 is 0. The lowest BCUT2D eigenvalue weighted by molar-refractivity contribution is -0.384. The van der Waals surface area contributed by atoms with E-state index in [4.69, 9.17) is 9.47 Å². The van der Waals surface area contributed by atoms with Crippen LogP contribution in [0.1, 0.15) is 39.7 Å². The van der Waals surface area contributed by atoms with Crippen LogP contribution in [0.5, 0.6) is 5.75 Å². The zero-order valence-corrected chi connectivity index (χ0v) is 19.9. The summed E-state index contributed by atoms with van der Waals surface area (Å²) in [5.74, 6) is 1.18. The lowest BCUT2D eigenvalue weighted by atomic mass is 10.1. The molecule has 1 aromatic carbocycles. The second-order valence-corrected chi connectivity index (χ2v) is 9.23. The Hall–Kier alpha value is -3.89. The number of carbonyl (C=O) groups is 1. The highest BCUT2D eigenvalue weighted by Crippen LogP contribution is 2.40. The molecule has 11 nitrogen and oxygen atoms in total. The van der Waals surface area contributed by atoms with Crippen molar-refractivity contribution in [3.8, 4) is 17.0 Å². The molecular weight excluding hydrogens is 440 g/mol. The molecule has 3 heterocycles. The summed E-state index contributed by atoms with van der Waals surface area (Å²) in [6, 6.07) is 7.22. The van der Waals surface area contributed by atoms with E-state index in [1.165, 1.54) is 11.1 Å². The van der Waals surface area contributed by atoms with Crippen molar-refractivity contribution in [3.05, 3.63) is 52.3 Å². The van der Waals surface area contributed by atoms with E-state index < -0.39 is 16.6 Å². The van der Waals surface area contributed by atoms with Crippen LogP contribution >= 0.6 is 0 Å². The van der Waals surface area contributed by atoms with Crippen molar-refractivity contribution in [3.63, 3.8) is 0 Å². The Morgan fingerprint density at radius 2 is 1.91 bits per heavy atom. The van der Waals surface area contributed by atoms with Crippen molar-refractivity contribution in [1.82, 2.24) is 19.6 Å². The molecule has 4 rings (SSSR count). The Labute approximate surface area is 197 Å². The van der Waals surface area contributed by atoms with E-state index in [0.717, 1.165) is 5.56 Å². The van der Waals surface area contributed by atoms with Crippen molar-refractivity contribution < 1.29 is 19.2 Å². The monoisotopic (exact) mass is 468 g/mol. The zero-order chi connectivity index (χ0) is 24.6. The molecule has 0 bridgehead atoms. The first kappa shape index (κ1) is 23.3. The largest absolute Gasteiger partial charge is 0.497 e. The van der Waals surface area contributed by atoms with Gasteiger partial charge in [-0.2, -0.15) is 10.2 Å². The van der Waals surface area contributed by atoms with E-state index in [-0.39, 0.29) is 17.4 Å². The molecular formula is C23H28N6O5. The topological polar surface area (TPSA) is 118 Å². The molecule has 11 heteroatoms. The Morgan fingerprint density at radius 3 is 2.53 bits per heavy atom. The standard InChI is InChI=1S/C23H28N6O5/c1-15-10-11-26-21(28(15)22(30)34-23(2,3)4)18(12-24-26)20-19(29(31)32)13-25-27(20)14-16-6-8-17(33-5)9-7-16/h6-9,12-13,15H,10-11,14H2,1-5H3. The van der Waals surface area contributed by atoms with Crippen LogP contribution in [-0.2, 0) is 17.8 Å². The van der Waals surface area contributed by atoms with Gasteiger partial charge in [0.05, 0.1) is 30.3 Å². The van der Waals surface area contributed by atoms with E-state index in [9.17, 15) is 14.9 Å². The molecule has 2 aromatic heterocycles. The Kier molecular flexibility index (Phi) is 6.03. The number of nitro groups is 1. The molecule has 1 atom stereocenters. The SMILES string of the molecule is COc1ccc(Cn2ncc([N+](=O)[O-])c2-c2cnn3c2N(C(=O)OC(C)(C)C)C(C)CC3)cc1. The lowest BCUT2D eigenvalue weighted by Gasteiger charge is -2.35. The number of fused-ring (bicyclic) bond motifs is 1. The fraction of sp³-hybridized carbons (Fsp3) is 0.435. The maximum absolute atomic E-state index is 13.2. The molecule has 0 radical (unpaired) electrons. The van der Waals surface area contributed by atoms with E-state index in [2.05, 4.69) is 10.2 Å². The van der Waals surface area contributed by atoms with Crippen LogP contribution in [0.4, 0.5) is 16.3 Å². The number of methoxy groups -OCH3 is 1. The van der Waals surface area contributed by atoms with Crippen LogP contribution in [0, 0.1) is 10.1 Å². The summed E-state index contributed by atoms with van der Waals surface area (Å²) in [6.45, 7) is 8.19. The molecule has 0 N–H and O–H groups in total. The molecule has 1 aliphatic rings. The summed E-state index contributed by atoms with van der Waals surface area (Å²) in [4.78, 5) is 26.1. The minimum Gasteiger partial charge on any atom is -0.497 e. The van der Waals surface area contributed by atoms with Crippen molar-refractivity contribution in [2.45, 2.75) is 58.8 Å². The highest BCUT2D eigenvalue weighted by atomic mass is 16.6. The van der Waals surface area contributed by atoms with E-state index in [0.29, 0.717) is 36.6 Å². The smallest absolute Gasteiger partial charge is 0.416 e. The highest BCUT2D eigenvalue weighted by Gasteiger charge is 2.37. The van der Waals surface area contributed by atoms with Gasteiger partial charge in [0.15, 0.2) is 5.69 Å². The Balaban J connectivity index is 1.81. The van der Waals surface area contributed by atoms with Gasteiger partial charge in [0, 0.05) is 12.6 Å². The molecule has 0 aliphatic carbocycles. The predicted octanol–water partition coefficient (Wildman–Crippen LogP) is 4.25. The van der Waals surface area contributed by atoms with Gasteiger partial charge in [0.1, 0.15) is 23.4 Å². The van der Waals surface area contributed by atoms with Crippen LogP contribution in [0.3, 0.4) is 0 Å². The van der Waals surface area contributed by atoms with Crippen LogP contribution in [-0.4, -0.2) is 49.3 Å². The van der Waals surface area contributed by atoms with E-state index in [1.54, 1.807) is 43.4 Å². The second kappa shape index (κ2) is 8.81. The van der Waals surface area contributed by atoms with Gasteiger partial charge >= 0.3 is 11.8 Å². The number of benzene rings is 1. The van der Waals surface area contributed by atoms with Crippen LogP contribution in [0.2, 0.25) is 0 Å². The predicted molar refractivity (Wildman–Crippen MR) is 125 cm³/mol. The summed E-state index contributed by atoms with van der Waals surface area (Å²) < 4.78 is 14.1. The van der Waals surface area contributed by atoms with Crippen molar-refractivity contribution in [2.75, 3.05) is 12.0 Å². The summed E-state index contributed by atoms with van der Waals surface area (Å²) in [5.41, 5.74) is 0.770. The van der Waals surface area contributed by atoms with Crippen LogP contribution in [0.15, 0.2) is 36.7 Å². The number of aryl methyl sites for hydroxylation is 1. The number of hydrogen-bond acceptors (Lipinski definition) is 7. The number of aromatic nitrogens is 4. The molecule has 1 unspecified atom stereocenters. The number of anilines is 1. The number of rotatable bonds is 5. The van der Waals surface area contributed by atoms with Crippen LogP contribution in [0.25, 0.3) is 11.3 Å². The third kappa shape index (κ3) is 4.45. The third-order valence-corrected chi connectivity index (χ3v) is 5.59. The van der Waals surface area contributed by atoms with Gasteiger partial charge in [-0.25, -0.2) is 9.48 Å². The average Bonchev–Trinajstić information content (AvgIpc) is 3.36. The number of hydrogen-bond donors (Lipinski definition) is 0. The second-order valence-electron chi connectivity index (χ2n) is 9.23. The zero-order valence-electron chi connectivity index (χ0n) is 19.9. The first-order chi connectivity index (χ1) is 16.1. The molecule has 0 spiro atoms. The van der Waals surface area contributed by atoms with Gasteiger partial charge in [-0.3, -0.25) is 19.7 Å². The maximum Gasteiger partial charge on any atom is 0.416 e. The Morgan fingerprint density at radius 1 is 1.21 bits per heavy atom. The number of ether oxygens (including phenoxy) is 2. The number of carbonyl (C=O) groups excluding carboxylic acids is 1. The summed E-state index contributed by atoms with van der Waals surface area (Å²) in [6.07, 6.45) is 2.94. The Bertz CT molecular complexity index is 1210. The number of amides is 1. The highest BCUT2D eigenvalue weighted by molar-refractivity contribution is 5.94. The summed E-state index contributed by atoms with van der Waals surface area (Å²) in [7, 11) is 1.59. The molecule has 0 saturated heterocycles. The van der Waals surface area contributed by atoms with Crippen molar-refractivity contribution in [2.24, 2.45) is 0 Å². The maximum atomic E-state index is 13.2. The minimum absolute atomic E-state index is 0.160. The van der Waals surface area contributed by atoms with Crippen molar-refractivity contribution >= 4 is 17.6 Å². The fourth-order valence-corrected chi connectivity index (χ4v) is 4.00. The summed E-state index contributed by atoms with van der Waals surface area (Å²) in [5, 5.41) is 20.6. The average molecular weight is 469 g/mol. The molecule has 0 saturated carbocycles. The first-order valence-corrected chi connectivity index (χ1v) is 11.0. The van der Waals surface area contributed by atoms with Gasteiger partial charge in [0.25, 0.3) is 0 Å².